The molecule has 1 unspecified atom stereocenters. The van der Waals surface area contributed by atoms with Gasteiger partial charge in [-0.15, -0.1) is 0 Å². The molecular formula is C28H45F3O. The van der Waals surface area contributed by atoms with Crippen molar-refractivity contribution in [3.05, 3.63) is 11.6 Å². The summed E-state index contributed by atoms with van der Waals surface area (Å²) in [4.78, 5) is 0. The number of rotatable bonds is 6. The van der Waals surface area contributed by atoms with Crippen LogP contribution < -0.4 is 0 Å². The van der Waals surface area contributed by atoms with Gasteiger partial charge in [-0.1, -0.05) is 52.2 Å². The van der Waals surface area contributed by atoms with E-state index in [0.29, 0.717) is 29.6 Å². The molecule has 1 nitrogen and oxygen atoms in total. The fourth-order valence-corrected chi connectivity index (χ4v) is 8.75. The number of fused-ring (bicyclic) bond motifs is 5. The Morgan fingerprint density at radius 2 is 1.81 bits per heavy atom. The first-order valence-corrected chi connectivity index (χ1v) is 13.5. The Morgan fingerprint density at radius 1 is 1.06 bits per heavy atom. The average Bonchev–Trinajstić information content (AvgIpc) is 3.09. The molecule has 3 fully saturated rings. The van der Waals surface area contributed by atoms with Gasteiger partial charge < -0.3 is 5.11 Å². The van der Waals surface area contributed by atoms with Gasteiger partial charge in [-0.2, -0.15) is 13.2 Å². The van der Waals surface area contributed by atoms with E-state index in [1.54, 1.807) is 5.57 Å². The second-order valence-electron chi connectivity index (χ2n) is 12.4. The minimum atomic E-state index is -4.05. The summed E-state index contributed by atoms with van der Waals surface area (Å²) in [5.41, 5.74) is 1.43. The van der Waals surface area contributed by atoms with Gasteiger partial charge in [0.2, 0.25) is 0 Å². The van der Waals surface area contributed by atoms with Crippen LogP contribution in [0, 0.1) is 46.8 Å². The van der Waals surface area contributed by atoms with Gasteiger partial charge in [0.1, 0.15) is 0 Å². The minimum Gasteiger partial charge on any atom is -0.390 e. The lowest BCUT2D eigenvalue weighted by atomic mass is 9.50. The van der Waals surface area contributed by atoms with Gasteiger partial charge in [0, 0.05) is 0 Å². The Bertz CT molecular complexity index is 699. The van der Waals surface area contributed by atoms with Crippen molar-refractivity contribution in [3.63, 3.8) is 0 Å². The van der Waals surface area contributed by atoms with Gasteiger partial charge in [-0.3, -0.25) is 0 Å². The Labute approximate surface area is 193 Å². The molecule has 0 saturated heterocycles. The fraction of sp³-hybridized carbons (Fsp3) is 0.929. The third kappa shape index (κ3) is 4.43. The zero-order valence-corrected chi connectivity index (χ0v) is 20.7. The standard InChI is InChI=1S/C28H45F3O/c1-5-27(32)16-14-21-20(17-27)9-10-23-22(21)13-15-26(4)24(11-12-25(23)26)18(2)7-6-8-19(3)28(29,30)31/h9,18-19,21-25,32H,5-8,10-17H2,1-4H3/t18-,19-,21+,22-,23-,24?,25+,26-,27+/m1/s1. The van der Waals surface area contributed by atoms with E-state index in [1.165, 1.54) is 39.0 Å². The second kappa shape index (κ2) is 8.93. The van der Waals surface area contributed by atoms with Crippen LogP contribution in [0.15, 0.2) is 11.6 Å². The van der Waals surface area contributed by atoms with Crippen molar-refractivity contribution in [2.75, 3.05) is 0 Å². The summed E-state index contributed by atoms with van der Waals surface area (Å²) in [7, 11) is 0. The van der Waals surface area contributed by atoms with Crippen LogP contribution in [0.4, 0.5) is 13.2 Å². The molecule has 0 amide bonds. The highest BCUT2D eigenvalue weighted by Crippen LogP contribution is 2.65. The lowest BCUT2D eigenvalue weighted by Gasteiger charge is -2.55. The summed E-state index contributed by atoms with van der Waals surface area (Å²) < 4.78 is 38.6. The molecule has 4 heteroatoms. The number of hydrogen-bond donors (Lipinski definition) is 1. The zero-order valence-electron chi connectivity index (χ0n) is 20.7. The first kappa shape index (κ1) is 24.6. The summed E-state index contributed by atoms with van der Waals surface area (Å²) in [6.45, 7) is 8.28. The van der Waals surface area contributed by atoms with E-state index in [9.17, 15) is 18.3 Å². The highest BCUT2D eigenvalue weighted by molar-refractivity contribution is 5.22. The van der Waals surface area contributed by atoms with Crippen LogP contribution >= 0.6 is 0 Å². The summed E-state index contributed by atoms with van der Waals surface area (Å²) in [5.74, 6) is 3.02. The van der Waals surface area contributed by atoms with Gasteiger partial charge in [0.05, 0.1) is 11.5 Å². The SMILES string of the molecule is CC[C@]1(O)CC[C@H]2C(=CC[C@@H]3[C@@H]2CC[C@]2(C)C([C@H](C)CCC[C@@H](C)C(F)(F)F)CC[C@@H]32)C1. The maximum absolute atomic E-state index is 12.9. The summed E-state index contributed by atoms with van der Waals surface area (Å²) >= 11 is 0. The van der Waals surface area contributed by atoms with E-state index in [0.717, 1.165) is 49.9 Å². The van der Waals surface area contributed by atoms with Crippen LogP contribution in [0.5, 0.6) is 0 Å². The van der Waals surface area contributed by atoms with Gasteiger partial charge >= 0.3 is 6.18 Å². The number of aliphatic hydroxyl groups is 1. The van der Waals surface area contributed by atoms with Crippen LogP contribution in [0.2, 0.25) is 0 Å². The smallest absolute Gasteiger partial charge is 0.390 e. The van der Waals surface area contributed by atoms with Crippen molar-refractivity contribution in [2.45, 2.75) is 117 Å². The molecule has 0 radical (unpaired) electrons. The van der Waals surface area contributed by atoms with Crippen LogP contribution in [-0.4, -0.2) is 16.9 Å². The van der Waals surface area contributed by atoms with E-state index < -0.39 is 17.7 Å². The monoisotopic (exact) mass is 454 g/mol. The van der Waals surface area contributed by atoms with E-state index >= 15 is 0 Å². The lowest BCUT2D eigenvalue weighted by Crippen LogP contribution is -2.48. The van der Waals surface area contributed by atoms with Crippen molar-refractivity contribution in [3.8, 4) is 0 Å². The minimum absolute atomic E-state index is 0.269. The first-order valence-electron chi connectivity index (χ1n) is 13.5. The fourth-order valence-electron chi connectivity index (χ4n) is 8.75. The quantitative estimate of drug-likeness (QED) is 0.400. The number of alkyl halides is 3. The molecule has 184 valence electrons. The molecule has 0 aromatic rings. The topological polar surface area (TPSA) is 20.2 Å². The highest BCUT2D eigenvalue weighted by atomic mass is 19.4. The molecular weight excluding hydrogens is 409 g/mol. The Morgan fingerprint density at radius 3 is 2.50 bits per heavy atom. The molecule has 0 aliphatic heterocycles. The molecule has 4 aliphatic rings. The van der Waals surface area contributed by atoms with Crippen LogP contribution in [0.1, 0.15) is 105 Å². The van der Waals surface area contributed by atoms with E-state index in [1.807, 2.05) is 0 Å². The Kier molecular flexibility index (Phi) is 6.87. The van der Waals surface area contributed by atoms with Gasteiger partial charge in [0.15, 0.2) is 0 Å². The summed E-state index contributed by atoms with van der Waals surface area (Å²) in [6, 6.07) is 0. The number of halogens is 3. The lowest BCUT2D eigenvalue weighted by molar-refractivity contribution is -0.171. The van der Waals surface area contributed by atoms with Crippen molar-refractivity contribution in [2.24, 2.45) is 46.8 Å². The molecule has 0 heterocycles. The highest BCUT2D eigenvalue weighted by Gasteiger charge is 2.57. The molecule has 1 N–H and O–H groups in total. The predicted molar refractivity (Wildman–Crippen MR) is 124 cm³/mol. The number of allylic oxidation sites excluding steroid dienone is 1. The Balaban J connectivity index is 1.40. The van der Waals surface area contributed by atoms with Crippen molar-refractivity contribution in [1.29, 1.82) is 0 Å². The van der Waals surface area contributed by atoms with E-state index in [4.69, 9.17) is 0 Å². The summed E-state index contributed by atoms with van der Waals surface area (Å²) in [6.07, 6.45) is 10.5. The maximum Gasteiger partial charge on any atom is 0.391 e. The molecule has 3 saturated carbocycles. The maximum atomic E-state index is 12.9. The van der Waals surface area contributed by atoms with Crippen molar-refractivity contribution in [1.82, 2.24) is 0 Å². The molecule has 4 aliphatic carbocycles. The molecule has 0 aromatic carbocycles. The third-order valence-electron chi connectivity index (χ3n) is 10.9. The van der Waals surface area contributed by atoms with Gasteiger partial charge in [-0.25, -0.2) is 0 Å². The van der Waals surface area contributed by atoms with Gasteiger partial charge in [-0.05, 0) is 105 Å². The molecule has 0 spiro atoms. The Hall–Kier alpha value is -0.510. The first-order chi connectivity index (χ1) is 15.0. The predicted octanol–water partition coefficient (Wildman–Crippen LogP) is 8.32. The normalized spacial score (nSPS) is 43.6. The molecule has 0 bridgehead atoms. The molecule has 0 aromatic heterocycles. The molecule has 32 heavy (non-hydrogen) atoms. The second-order valence-corrected chi connectivity index (χ2v) is 12.4. The largest absolute Gasteiger partial charge is 0.391 e. The van der Waals surface area contributed by atoms with E-state index in [-0.39, 0.29) is 6.42 Å². The van der Waals surface area contributed by atoms with Crippen LogP contribution in [-0.2, 0) is 0 Å². The van der Waals surface area contributed by atoms with Gasteiger partial charge in [0.25, 0.3) is 0 Å². The van der Waals surface area contributed by atoms with Crippen molar-refractivity contribution < 1.29 is 18.3 Å². The van der Waals surface area contributed by atoms with Crippen molar-refractivity contribution >= 4 is 0 Å². The van der Waals surface area contributed by atoms with Crippen LogP contribution in [0.25, 0.3) is 0 Å². The van der Waals surface area contributed by atoms with Crippen LogP contribution in [0.3, 0.4) is 0 Å². The molecule has 9 atom stereocenters. The summed E-state index contributed by atoms with van der Waals surface area (Å²) in [5, 5.41) is 10.8. The average molecular weight is 455 g/mol. The molecule has 4 rings (SSSR count). The number of hydrogen-bond acceptors (Lipinski definition) is 1. The van der Waals surface area contributed by atoms with E-state index in [2.05, 4.69) is 26.8 Å². The zero-order chi connectivity index (χ0) is 23.3. The third-order valence-corrected chi connectivity index (χ3v) is 10.9.